The lowest BCUT2D eigenvalue weighted by Gasteiger charge is -2.13. The molecule has 0 saturated carbocycles. The lowest BCUT2D eigenvalue weighted by molar-refractivity contribution is -0.113. The number of benzene rings is 3. The minimum atomic E-state index is -0.0902. The molecule has 0 aliphatic carbocycles. The van der Waals surface area contributed by atoms with E-state index in [4.69, 9.17) is 9.47 Å². The third kappa shape index (κ3) is 4.11. The number of hydrogen-bond donors (Lipinski definition) is 1. The number of imidazole rings is 1. The smallest absolute Gasteiger partial charge is 0.234 e. The Kier molecular flexibility index (Phi) is 5.90. The van der Waals surface area contributed by atoms with Crippen LogP contribution in [0.5, 0.6) is 11.5 Å². The topological polar surface area (TPSA) is 65.4 Å². The molecule has 1 heterocycles. The number of fused-ring (bicyclic) bond motifs is 1. The van der Waals surface area contributed by atoms with E-state index in [-0.39, 0.29) is 11.7 Å². The summed E-state index contributed by atoms with van der Waals surface area (Å²) in [5.74, 6) is 1.51. The Morgan fingerprint density at radius 3 is 2.73 bits per heavy atom. The summed E-state index contributed by atoms with van der Waals surface area (Å²) in [6.45, 7) is 0. The minimum absolute atomic E-state index is 0.0902. The lowest BCUT2D eigenvalue weighted by atomic mass is 10.1. The van der Waals surface area contributed by atoms with Gasteiger partial charge in [-0.3, -0.25) is 9.36 Å². The van der Waals surface area contributed by atoms with Gasteiger partial charge in [-0.25, -0.2) is 4.98 Å². The van der Waals surface area contributed by atoms with Crippen LogP contribution in [0.2, 0.25) is 0 Å². The van der Waals surface area contributed by atoms with Crippen molar-refractivity contribution in [2.24, 2.45) is 0 Å². The van der Waals surface area contributed by atoms with Crippen LogP contribution in [0.25, 0.3) is 16.5 Å². The highest BCUT2D eigenvalue weighted by molar-refractivity contribution is 7.99. The van der Waals surface area contributed by atoms with Crippen molar-refractivity contribution in [3.63, 3.8) is 0 Å². The van der Waals surface area contributed by atoms with Gasteiger partial charge in [-0.2, -0.15) is 0 Å². The van der Waals surface area contributed by atoms with E-state index < -0.39 is 0 Å². The van der Waals surface area contributed by atoms with Gasteiger partial charge in [-0.15, -0.1) is 0 Å². The van der Waals surface area contributed by atoms with Crippen LogP contribution in [0.15, 0.2) is 78.2 Å². The maximum absolute atomic E-state index is 12.6. The maximum atomic E-state index is 12.6. The van der Waals surface area contributed by atoms with Crippen molar-refractivity contribution in [3.8, 4) is 17.2 Å². The zero-order valence-corrected chi connectivity index (χ0v) is 17.5. The number of methoxy groups -OCH3 is 2. The number of nitrogens with one attached hydrogen (secondary N) is 1. The number of carbonyl (C=O) groups excluding carboxylic acids is 1. The van der Waals surface area contributed by atoms with Gasteiger partial charge in [0.2, 0.25) is 5.91 Å². The molecule has 0 fully saturated rings. The first-order chi connectivity index (χ1) is 14.7. The number of carbonyl (C=O) groups is 1. The van der Waals surface area contributed by atoms with Crippen molar-refractivity contribution >= 4 is 34.1 Å². The van der Waals surface area contributed by atoms with Gasteiger partial charge in [0.1, 0.15) is 11.5 Å². The van der Waals surface area contributed by atoms with Crippen molar-refractivity contribution < 1.29 is 14.3 Å². The molecular formula is C23H21N3O3S. The maximum Gasteiger partial charge on any atom is 0.234 e. The van der Waals surface area contributed by atoms with E-state index in [1.54, 1.807) is 20.4 Å². The van der Waals surface area contributed by atoms with Gasteiger partial charge in [0.25, 0.3) is 0 Å². The molecule has 0 saturated heterocycles. The fourth-order valence-corrected chi connectivity index (χ4v) is 3.98. The summed E-state index contributed by atoms with van der Waals surface area (Å²) in [5, 5.41) is 5.81. The predicted octanol–water partition coefficient (Wildman–Crippen LogP) is 4.77. The molecule has 0 atom stereocenters. The average Bonchev–Trinajstić information content (AvgIpc) is 3.26. The molecule has 1 amide bonds. The number of nitrogens with zero attached hydrogens (tertiary/aromatic N) is 2. The first kappa shape index (κ1) is 19.8. The molecule has 152 valence electrons. The SMILES string of the molecule is COc1ccc(-n2ccnc2SCC(=O)Nc2cccc3ccccc23)c(OC)c1. The molecular weight excluding hydrogens is 398 g/mol. The molecule has 3 aromatic carbocycles. The molecule has 0 unspecified atom stereocenters. The van der Waals surface area contributed by atoms with E-state index in [9.17, 15) is 4.79 Å². The first-order valence-electron chi connectivity index (χ1n) is 9.36. The molecule has 6 nitrogen and oxygen atoms in total. The fraction of sp³-hybridized carbons (Fsp3) is 0.130. The zero-order chi connectivity index (χ0) is 20.9. The molecule has 1 aromatic heterocycles. The molecule has 0 spiro atoms. The van der Waals surface area contributed by atoms with Crippen molar-refractivity contribution in [1.82, 2.24) is 9.55 Å². The largest absolute Gasteiger partial charge is 0.497 e. The summed E-state index contributed by atoms with van der Waals surface area (Å²) in [6, 6.07) is 19.4. The van der Waals surface area contributed by atoms with E-state index >= 15 is 0 Å². The summed E-state index contributed by atoms with van der Waals surface area (Å²) in [5.41, 5.74) is 1.63. The summed E-state index contributed by atoms with van der Waals surface area (Å²) < 4.78 is 12.7. The predicted molar refractivity (Wildman–Crippen MR) is 120 cm³/mol. The van der Waals surface area contributed by atoms with E-state index in [1.165, 1.54) is 11.8 Å². The Morgan fingerprint density at radius 2 is 1.90 bits per heavy atom. The molecule has 4 aromatic rings. The second-order valence-corrected chi connectivity index (χ2v) is 7.42. The minimum Gasteiger partial charge on any atom is -0.497 e. The third-order valence-electron chi connectivity index (χ3n) is 4.65. The highest BCUT2D eigenvalue weighted by Crippen LogP contribution is 2.31. The summed E-state index contributed by atoms with van der Waals surface area (Å²) in [6.07, 6.45) is 3.55. The van der Waals surface area contributed by atoms with Gasteiger partial charge in [0, 0.05) is 29.5 Å². The van der Waals surface area contributed by atoms with Crippen LogP contribution in [-0.4, -0.2) is 35.4 Å². The number of ether oxygens (including phenoxy) is 2. The Bertz CT molecular complexity index is 1180. The Hall–Kier alpha value is -3.45. The number of aromatic nitrogens is 2. The number of thioether (sulfide) groups is 1. The third-order valence-corrected chi connectivity index (χ3v) is 5.62. The van der Waals surface area contributed by atoms with Crippen LogP contribution < -0.4 is 14.8 Å². The number of hydrogen-bond acceptors (Lipinski definition) is 5. The second kappa shape index (κ2) is 8.92. The van der Waals surface area contributed by atoms with E-state index in [0.29, 0.717) is 16.7 Å². The second-order valence-electron chi connectivity index (χ2n) is 6.48. The Morgan fingerprint density at radius 1 is 1.07 bits per heavy atom. The zero-order valence-electron chi connectivity index (χ0n) is 16.7. The highest BCUT2D eigenvalue weighted by atomic mass is 32.2. The fourth-order valence-electron chi connectivity index (χ4n) is 3.21. The summed E-state index contributed by atoms with van der Waals surface area (Å²) in [4.78, 5) is 17.0. The van der Waals surface area contributed by atoms with Gasteiger partial charge in [0.15, 0.2) is 5.16 Å². The lowest BCUT2D eigenvalue weighted by Crippen LogP contribution is -2.14. The van der Waals surface area contributed by atoms with E-state index in [0.717, 1.165) is 22.1 Å². The van der Waals surface area contributed by atoms with Crippen molar-refractivity contribution in [2.75, 3.05) is 25.3 Å². The van der Waals surface area contributed by atoms with E-state index in [2.05, 4.69) is 10.3 Å². The van der Waals surface area contributed by atoms with Crippen molar-refractivity contribution in [3.05, 3.63) is 73.1 Å². The van der Waals surface area contributed by atoms with Crippen LogP contribution in [0, 0.1) is 0 Å². The Balaban J connectivity index is 1.49. The molecule has 1 N–H and O–H groups in total. The average molecular weight is 420 g/mol. The summed E-state index contributed by atoms with van der Waals surface area (Å²) in [7, 11) is 3.22. The van der Waals surface area contributed by atoms with Gasteiger partial charge in [0.05, 0.1) is 25.7 Å². The van der Waals surface area contributed by atoms with Crippen LogP contribution in [0.1, 0.15) is 0 Å². The van der Waals surface area contributed by atoms with Gasteiger partial charge >= 0.3 is 0 Å². The molecule has 0 bridgehead atoms. The van der Waals surface area contributed by atoms with Gasteiger partial charge in [-0.1, -0.05) is 48.2 Å². The molecule has 0 aliphatic heterocycles. The first-order valence-corrected chi connectivity index (χ1v) is 10.3. The monoisotopic (exact) mass is 419 g/mol. The number of amides is 1. The normalized spacial score (nSPS) is 10.7. The number of anilines is 1. The molecule has 30 heavy (non-hydrogen) atoms. The standard InChI is InChI=1S/C23H21N3O3S/c1-28-17-10-11-20(21(14-17)29-2)26-13-12-24-23(26)30-15-22(27)25-19-9-5-7-16-6-3-4-8-18(16)19/h3-14H,15H2,1-2H3,(H,25,27). The van der Waals surface area contributed by atoms with Crippen LogP contribution >= 0.6 is 11.8 Å². The van der Waals surface area contributed by atoms with Crippen molar-refractivity contribution in [1.29, 1.82) is 0 Å². The van der Waals surface area contributed by atoms with Crippen LogP contribution in [0.4, 0.5) is 5.69 Å². The van der Waals surface area contributed by atoms with Crippen molar-refractivity contribution in [2.45, 2.75) is 5.16 Å². The van der Waals surface area contributed by atoms with Gasteiger partial charge in [-0.05, 0) is 23.6 Å². The van der Waals surface area contributed by atoms with Crippen LogP contribution in [0.3, 0.4) is 0 Å². The highest BCUT2D eigenvalue weighted by Gasteiger charge is 2.14. The van der Waals surface area contributed by atoms with Crippen LogP contribution in [-0.2, 0) is 4.79 Å². The molecule has 4 rings (SSSR count). The van der Waals surface area contributed by atoms with E-state index in [1.807, 2.05) is 71.4 Å². The molecule has 7 heteroatoms. The quantitative estimate of drug-likeness (QED) is 0.437. The van der Waals surface area contributed by atoms with Gasteiger partial charge < -0.3 is 14.8 Å². The molecule has 0 aliphatic rings. The number of rotatable bonds is 7. The Labute approximate surface area is 178 Å². The molecule has 0 radical (unpaired) electrons. The summed E-state index contributed by atoms with van der Waals surface area (Å²) >= 11 is 1.36.